The number of nitrogens with zero attached hydrogens (tertiary/aromatic N) is 1. The van der Waals surface area contributed by atoms with E-state index >= 15 is 0 Å². The lowest BCUT2D eigenvalue weighted by Gasteiger charge is -2.31. The van der Waals surface area contributed by atoms with Crippen molar-refractivity contribution in [2.45, 2.75) is 25.8 Å². The Kier molecular flexibility index (Phi) is 7.46. The van der Waals surface area contributed by atoms with Crippen LogP contribution < -0.4 is 10.1 Å². The lowest BCUT2D eigenvalue weighted by Crippen LogP contribution is -2.43. The van der Waals surface area contributed by atoms with Gasteiger partial charge in [-0.2, -0.15) is 0 Å². The van der Waals surface area contributed by atoms with E-state index in [2.05, 4.69) is 41.4 Å². The van der Waals surface area contributed by atoms with Crippen LogP contribution in [0.25, 0.3) is 0 Å². The Morgan fingerprint density at radius 2 is 1.93 bits per heavy atom. The lowest BCUT2D eigenvalue weighted by molar-refractivity contribution is -0.122. The number of morpholine rings is 1. The fraction of sp³-hybridized carbons (Fsp3) is 0.435. The Labute approximate surface area is 167 Å². The third-order valence-electron chi connectivity index (χ3n) is 5.13. The average molecular weight is 383 g/mol. The Morgan fingerprint density at radius 3 is 2.64 bits per heavy atom. The van der Waals surface area contributed by atoms with Gasteiger partial charge in [-0.25, -0.2) is 0 Å². The van der Waals surface area contributed by atoms with E-state index in [1.54, 1.807) is 7.11 Å². The molecule has 0 aliphatic carbocycles. The van der Waals surface area contributed by atoms with Crippen molar-refractivity contribution in [2.75, 3.05) is 40.0 Å². The van der Waals surface area contributed by atoms with Crippen LogP contribution in [0.4, 0.5) is 0 Å². The van der Waals surface area contributed by atoms with Crippen LogP contribution in [0.2, 0.25) is 0 Å². The second-order valence-electron chi connectivity index (χ2n) is 7.30. The molecule has 2 aromatic carbocycles. The zero-order valence-electron chi connectivity index (χ0n) is 16.8. The minimum absolute atomic E-state index is 0.0171. The molecule has 5 nitrogen and oxygen atoms in total. The molecule has 0 saturated carbocycles. The van der Waals surface area contributed by atoms with E-state index in [-0.39, 0.29) is 11.9 Å². The number of rotatable bonds is 8. The first-order valence-corrected chi connectivity index (χ1v) is 9.93. The Morgan fingerprint density at radius 1 is 1.18 bits per heavy atom. The van der Waals surface area contributed by atoms with E-state index in [0.717, 1.165) is 49.7 Å². The summed E-state index contributed by atoms with van der Waals surface area (Å²) in [6.07, 6.45) is 1.15. The van der Waals surface area contributed by atoms with Crippen molar-refractivity contribution >= 4 is 5.91 Å². The third kappa shape index (κ3) is 6.08. The lowest BCUT2D eigenvalue weighted by atomic mass is 10.0. The molecule has 1 aliphatic rings. The first-order valence-electron chi connectivity index (χ1n) is 9.93. The molecule has 5 heteroatoms. The summed E-state index contributed by atoms with van der Waals surface area (Å²) in [6, 6.07) is 16.3. The molecule has 0 spiro atoms. The normalized spacial score (nSPS) is 15.8. The number of aryl methyl sites for hydroxylation is 2. The molecule has 2 aromatic rings. The maximum Gasteiger partial charge on any atom is 0.220 e. The molecule has 1 heterocycles. The van der Waals surface area contributed by atoms with Gasteiger partial charge in [0.15, 0.2) is 0 Å². The fourth-order valence-corrected chi connectivity index (χ4v) is 3.43. The second-order valence-corrected chi connectivity index (χ2v) is 7.30. The van der Waals surface area contributed by atoms with E-state index in [0.29, 0.717) is 12.8 Å². The summed E-state index contributed by atoms with van der Waals surface area (Å²) in [7, 11) is 1.66. The van der Waals surface area contributed by atoms with Crippen molar-refractivity contribution < 1.29 is 14.3 Å². The highest BCUT2D eigenvalue weighted by atomic mass is 16.5. The van der Waals surface area contributed by atoms with Gasteiger partial charge in [0.2, 0.25) is 5.91 Å². The highest BCUT2D eigenvalue weighted by Gasteiger charge is 2.20. The van der Waals surface area contributed by atoms with Gasteiger partial charge in [-0.3, -0.25) is 9.69 Å². The summed E-state index contributed by atoms with van der Waals surface area (Å²) in [5, 5.41) is 3.25. The van der Waals surface area contributed by atoms with E-state index in [1.807, 2.05) is 24.3 Å². The summed E-state index contributed by atoms with van der Waals surface area (Å²) in [5.74, 6) is 0.893. The Hall–Kier alpha value is -2.37. The molecule has 1 amide bonds. The number of carbonyl (C=O) groups excluding carboxylic acids is 1. The second kappa shape index (κ2) is 10.2. The van der Waals surface area contributed by atoms with E-state index in [1.165, 1.54) is 5.56 Å². The number of nitrogens with one attached hydrogen (secondary N) is 1. The van der Waals surface area contributed by atoms with E-state index in [9.17, 15) is 4.79 Å². The Balaban J connectivity index is 1.61. The summed E-state index contributed by atoms with van der Waals surface area (Å²) in [4.78, 5) is 15.0. The van der Waals surface area contributed by atoms with Crippen LogP contribution in [-0.2, 0) is 16.0 Å². The van der Waals surface area contributed by atoms with Gasteiger partial charge in [0, 0.05) is 26.1 Å². The SMILES string of the molecule is COc1cccc(CCC(=O)NC(CN2CCOCC2)c2ccc(C)cc2)c1. The van der Waals surface area contributed by atoms with Gasteiger partial charge in [0.1, 0.15) is 5.75 Å². The molecule has 1 aliphatic heterocycles. The quantitative estimate of drug-likeness (QED) is 0.762. The standard InChI is InChI=1S/C23H30N2O3/c1-18-6-9-20(10-7-18)22(17-25-12-14-28-15-13-25)24-23(26)11-8-19-4-3-5-21(16-19)27-2/h3-7,9-10,16,22H,8,11-15,17H2,1-2H3,(H,24,26). The molecular weight excluding hydrogens is 352 g/mol. The van der Waals surface area contributed by atoms with Crippen molar-refractivity contribution in [1.82, 2.24) is 10.2 Å². The van der Waals surface area contributed by atoms with E-state index < -0.39 is 0 Å². The fourth-order valence-electron chi connectivity index (χ4n) is 3.43. The predicted molar refractivity (Wildman–Crippen MR) is 111 cm³/mol. The van der Waals surface area contributed by atoms with Crippen LogP contribution in [0.1, 0.15) is 29.2 Å². The molecule has 0 radical (unpaired) electrons. The minimum Gasteiger partial charge on any atom is -0.497 e. The highest BCUT2D eigenvalue weighted by Crippen LogP contribution is 2.18. The molecule has 28 heavy (non-hydrogen) atoms. The molecule has 0 aromatic heterocycles. The van der Waals surface area contributed by atoms with Gasteiger partial charge in [-0.05, 0) is 36.6 Å². The summed E-state index contributed by atoms with van der Waals surface area (Å²) < 4.78 is 10.7. The van der Waals surface area contributed by atoms with Gasteiger partial charge in [-0.15, -0.1) is 0 Å². The van der Waals surface area contributed by atoms with Crippen LogP contribution in [0.3, 0.4) is 0 Å². The number of benzene rings is 2. The van der Waals surface area contributed by atoms with Crippen LogP contribution >= 0.6 is 0 Å². The smallest absolute Gasteiger partial charge is 0.220 e. The number of ether oxygens (including phenoxy) is 2. The van der Waals surface area contributed by atoms with Crippen LogP contribution in [-0.4, -0.2) is 50.8 Å². The molecule has 1 saturated heterocycles. The Bertz CT molecular complexity index is 755. The number of carbonyl (C=O) groups is 1. The molecule has 1 N–H and O–H groups in total. The molecule has 150 valence electrons. The van der Waals surface area contributed by atoms with Crippen molar-refractivity contribution in [1.29, 1.82) is 0 Å². The topological polar surface area (TPSA) is 50.8 Å². The predicted octanol–water partition coefficient (Wildman–Crippen LogP) is 3.13. The zero-order chi connectivity index (χ0) is 19.8. The highest BCUT2D eigenvalue weighted by molar-refractivity contribution is 5.76. The summed E-state index contributed by atoms with van der Waals surface area (Å²) >= 11 is 0. The third-order valence-corrected chi connectivity index (χ3v) is 5.13. The first-order chi connectivity index (χ1) is 13.6. The van der Waals surface area contributed by atoms with E-state index in [4.69, 9.17) is 9.47 Å². The van der Waals surface area contributed by atoms with Crippen LogP contribution in [0, 0.1) is 6.92 Å². The van der Waals surface area contributed by atoms with Crippen molar-refractivity contribution in [2.24, 2.45) is 0 Å². The van der Waals surface area contributed by atoms with Crippen LogP contribution in [0.15, 0.2) is 48.5 Å². The molecular formula is C23H30N2O3. The van der Waals surface area contributed by atoms with Gasteiger partial charge < -0.3 is 14.8 Å². The first kappa shape index (κ1) is 20.4. The molecule has 1 unspecified atom stereocenters. The summed E-state index contributed by atoms with van der Waals surface area (Å²) in [5.41, 5.74) is 3.47. The summed E-state index contributed by atoms with van der Waals surface area (Å²) in [6.45, 7) is 6.20. The van der Waals surface area contributed by atoms with Gasteiger partial charge in [-0.1, -0.05) is 42.0 Å². The maximum absolute atomic E-state index is 12.7. The molecule has 3 rings (SSSR count). The van der Waals surface area contributed by atoms with Gasteiger partial charge in [0.05, 0.1) is 26.4 Å². The van der Waals surface area contributed by atoms with Gasteiger partial charge in [0.25, 0.3) is 0 Å². The zero-order valence-corrected chi connectivity index (χ0v) is 16.8. The maximum atomic E-state index is 12.7. The van der Waals surface area contributed by atoms with Gasteiger partial charge >= 0.3 is 0 Å². The number of hydrogen-bond acceptors (Lipinski definition) is 4. The van der Waals surface area contributed by atoms with Crippen molar-refractivity contribution in [3.63, 3.8) is 0 Å². The number of amides is 1. The van der Waals surface area contributed by atoms with Crippen molar-refractivity contribution in [3.8, 4) is 5.75 Å². The largest absolute Gasteiger partial charge is 0.497 e. The molecule has 1 fully saturated rings. The molecule has 0 bridgehead atoms. The monoisotopic (exact) mass is 382 g/mol. The van der Waals surface area contributed by atoms with Crippen LogP contribution in [0.5, 0.6) is 5.75 Å². The number of hydrogen-bond donors (Lipinski definition) is 1. The molecule has 1 atom stereocenters. The number of methoxy groups -OCH3 is 1. The van der Waals surface area contributed by atoms with Crippen molar-refractivity contribution in [3.05, 3.63) is 65.2 Å². The minimum atomic E-state index is -0.0171. The average Bonchev–Trinajstić information content (AvgIpc) is 2.73.